The molecule has 0 aromatic heterocycles. The molecule has 0 saturated heterocycles. The van der Waals surface area contributed by atoms with Gasteiger partial charge in [-0.3, -0.25) is 4.79 Å². The van der Waals surface area contributed by atoms with Crippen molar-refractivity contribution in [2.45, 2.75) is 19.8 Å². The van der Waals surface area contributed by atoms with Gasteiger partial charge in [0.25, 0.3) is 0 Å². The van der Waals surface area contributed by atoms with Crippen molar-refractivity contribution >= 4 is 5.78 Å². The van der Waals surface area contributed by atoms with Crippen LogP contribution >= 0.6 is 0 Å². The maximum absolute atomic E-state index is 11.5. The van der Waals surface area contributed by atoms with Crippen molar-refractivity contribution in [1.82, 2.24) is 0 Å². The Labute approximate surface area is 77.5 Å². The fourth-order valence-corrected chi connectivity index (χ4v) is 1.63. The standard InChI is InChI=1S/C11H12O2/c1-2-10(12)9-5-3-4-8-6-7-13-11(8)9/h3-5H,2,6-7H2,1H3. The molecule has 0 bridgehead atoms. The summed E-state index contributed by atoms with van der Waals surface area (Å²) in [5.74, 6) is 0.980. The SMILES string of the molecule is CCC(=O)c1cccc2c1OCC2. The van der Waals surface area contributed by atoms with E-state index in [1.807, 2.05) is 25.1 Å². The molecule has 13 heavy (non-hydrogen) atoms. The summed E-state index contributed by atoms with van der Waals surface area (Å²) in [5, 5.41) is 0. The molecule has 0 saturated carbocycles. The van der Waals surface area contributed by atoms with E-state index in [-0.39, 0.29) is 5.78 Å². The highest BCUT2D eigenvalue weighted by Crippen LogP contribution is 2.29. The number of rotatable bonds is 2. The van der Waals surface area contributed by atoms with Crippen LogP contribution in [0.3, 0.4) is 0 Å². The van der Waals surface area contributed by atoms with Crippen LogP contribution in [0.4, 0.5) is 0 Å². The van der Waals surface area contributed by atoms with Gasteiger partial charge in [-0.05, 0) is 11.6 Å². The van der Waals surface area contributed by atoms with E-state index in [0.717, 1.165) is 17.7 Å². The molecule has 2 heteroatoms. The molecule has 0 unspecified atom stereocenters. The van der Waals surface area contributed by atoms with Gasteiger partial charge in [0.15, 0.2) is 5.78 Å². The monoisotopic (exact) mass is 176 g/mol. The van der Waals surface area contributed by atoms with Gasteiger partial charge in [-0.2, -0.15) is 0 Å². The van der Waals surface area contributed by atoms with E-state index in [1.165, 1.54) is 5.56 Å². The van der Waals surface area contributed by atoms with E-state index in [1.54, 1.807) is 0 Å². The smallest absolute Gasteiger partial charge is 0.166 e. The quantitative estimate of drug-likeness (QED) is 0.646. The van der Waals surface area contributed by atoms with Gasteiger partial charge in [0, 0.05) is 12.8 Å². The molecule has 1 aromatic rings. The van der Waals surface area contributed by atoms with Crippen molar-refractivity contribution in [2.24, 2.45) is 0 Å². The molecule has 0 fully saturated rings. The average molecular weight is 176 g/mol. The van der Waals surface area contributed by atoms with Crippen molar-refractivity contribution in [1.29, 1.82) is 0 Å². The van der Waals surface area contributed by atoms with Crippen molar-refractivity contribution in [3.8, 4) is 5.75 Å². The largest absolute Gasteiger partial charge is 0.492 e. The van der Waals surface area contributed by atoms with Gasteiger partial charge in [-0.1, -0.05) is 19.1 Å². The molecule has 0 atom stereocenters. The minimum atomic E-state index is 0.166. The molecule has 2 nitrogen and oxygen atoms in total. The highest BCUT2D eigenvalue weighted by molar-refractivity contribution is 5.99. The molecule has 1 aliphatic rings. The van der Waals surface area contributed by atoms with Crippen LogP contribution in [0.25, 0.3) is 0 Å². The lowest BCUT2D eigenvalue weighted by molar-refractivity contribution is 0.0985. The van der Waals surface area contributed by atoms with Gasteiger partial charge in [0.2, 0.25) is 0 Å². The minimum absolute atomic E-state index is 0.166. The Morgan fingerprint density at radius 2 is 2.38 bits per heavy atom. The Hall–Kier alpha value is -1.31. The summed E-state index contributed by atoms with van der Waals surface area (Å²) in [4.78, 5) is 11.5. The zero-order chi connectivity index (χ0) is 9.26. The number of para-hydroxylation sites is 1. The molecular formula is C11H12O2. The topological polar surface area (TPSA) is 26.3 Å². The third kappa shape index (κ3) is 1.32. The first kappa shape index (κ1) is 8.30. The van der Waals surface area contributed by atoms with E-state index in [0.29, 0.717) is 13.0 Å². The van der Waals surface area contributed by atoms with Crippen LogP contribution in [0, 0.1) is 0 Å². The van der Waals surface area contributed by atoms with Crippen LogP contribution in [-0.2, 0) is 6.42 Å². The van der Waals surface area contributed by atoms with Crippen LogP contribution in [0.15, 0.2) is 18.2 Å². The lowest BCUT2D eigenvalue weighted by Crippen LogP contribution is -1.99. The number of benzene rings is 1. The zero-order valence-corrected chi connectivity index (χ0v) is 7.67. The molecule has 1 aliphatic heterocycles. The van der Waals surface area contributed by atoms with Gasteiger partial charge in [-0.25, -0.2) is 0 Å². The molecule has 68 valence electrons. The number of hydrogen-bond acceptors (Lipinski definition) is 2. The Morgan fingerprint density at radius 3 is 3.15 bits per heavy atom. The predicted molar refractivity (Wildman–Crippen MR) is 50.3 cm³/mol. The highest BCUT2D eigenvalue weighted by atomic mass is 16.5. The van der Waals surface area contributed by atoms with Gasteiger partial charge in [-0.15, -0.1) is 0 Å². The van der Waals surface area contributed by atoms with Gasteiger partial charge in [0.1, 0.15) is 5.75 Å². The fraction of sp³-hybridized carbons (Fsp3) is 0.364. The highest BCUT2D eigenvalue weighted by Gasteiger charge is 2.18. The predicted octanol–water partition coefficient (Wildman–Crippen LogP) is 2.21. The Kier molecular flexibility index (Phi) is 2.05. The third-order valence-electron chi connectivity index (χ3n) is 2.34. The number of carbonyl (C=O) groups excluding carboxylic acids is 1. The second kappa shape index (κ2) is 3.21. The van der Waals surface area contributed by atoms with E-state index < -0.39 is 0 Å². The zero-order valence-electron chi connectivity index (χ0n) is 7.67. The van der Waals surface area contributed by atoms with Crippen molar-refractivity contribution in [3.63, 3.8) is 0 Å². The number of hydrogen-bond donors (Lipinski definition) is 0. The van der Waals surface area contributed by atoms with Gasteiger partial charge >= 0.3 is 0 Å². The lowest BCUT2D eigenvalue weighted by Gasteiger charge is -2.04. The maximum atomic E-state index is 11.5. The third-order valence-corrected chi connectivity index (χ3v) is 2.34. The average Bonchev–Trinajstić information content (AvgIpc) is 2.63. The number of ketones is 1. The molecule has 2 rings (SSSR count). The fourth-order valence-electron chi connectivity index (χ4n) is 1.63. The molecule has 0 N–H and O–H groups in total. The molecule has 0 amide bonds. The van der Waals surface area contributed by atoms with Gasteiger partial charge in [0.05, 0.1) is 12.2 Å². The van der Waals surface area contributed by atoms with E-state index in [2.05, 4.69) is 0 Å². The van der Waals surface area contributed by atoms with Crippen LogP contribution in [0.2, 0.25) is 0 Å². The van der Waals surface area contributed by atoms with Crippen LogP contribution < -0.4 is 4.74 Å². The van der Waals surface area contributed by atoms with Crippen molar-refractivity contribution in [2.75, 3.05) is 6.61 Å². The molecule has 0 aliphatic carbocycles. The first-order chi connectivity index (χ1) is 6.33. The Bertz CT molecular complexity index is 342. The normalized spacial score (nSPS) is 13.6. The summed E-state index contributed by atoms with van der Waals surface area (Å²) in [5.41, 5.74) is 1.91. The molecule has 1 aromatic carbocycles. The van der Waals surface area contributed by atoms with Crippen LogP contribution in [0.1, 0.15) is 29.3 Å². The molecular weight excluding hydrogens is 164 g/mol. The summed E-state index contributed by atoms with van der Waals surface area (Å²) in [6.07, 6.45) is 1.47. The molecule has 0 radical (unpaired) electrons. The summed E-state index contributed by atoms with van der Waals surface area (Å²) in [6.45, 7) is 2.58. The summed E-state index contributed by atoms with van der Waals surface area (Å²) in [7, 11) is 0. The van der Waals surface area contributed by atoms with Crippen molar-refractivity contribution in [3.05, 3.63) is 29.3 Å². The minimum Gasteiger partial charge on any atom is -0.492 e. The molecule has 1 heterocycles. The Morgan fingerprint density at radius 1 is 1.54 bits per heavy atom. The van der Waals surface area contributed by atoms with E-state index in [9.17, 15) is 4.79 Å². The maximum Gasteiger partial charge on any atom is 0.166 e. The first-order valence-corrected chi connectivity index (χ1v) is 4.61. The summed E-state index contributed by atoms with van der Waals surface area (Å²) < 4.78 is 5.43. The summed E-state index contributed by atoms with van der Waals surface area (Å²) in [6, 6.07) is 5.79. The molecule has 0 spiro atoms. The van der Waals surface area contributed by atoms with E-state index in [4.69, 9.17) is 4.74 Å². The Balaban J connectivity index is 2.47. The number of carbonyl (C=O) groups is 1. The lowest BCUT2D eigenvalue weighted by atomic mass is 10.0. The van der Waals surface area contributed by atoms with Gasteiger partial charge < -0.3 is 4.74 Å². The second-order valence-electron chi connectivity index (χ2n) is 3.17. The number of fused-ring (bicyclic) bond motifs is 1. The van der Waals surface area contributed by atoms with Crippen molar-refractivity contribution < 1.29 is 9.53 Å². The first-order valence-electron chi connectivity index (χ1n) is 4.61. The number of ether oxygens (including phenoxy) is 1. The van der Waals surface area contributed by atoms with Crippen LogP contribution in [0.5, 0.6) is 5.75 Å². The van der Waals surface area contributed by atoms with Crippen LogP contribution in [-0.4, -0.2) is 12.4 Å². The number of Topliss-reactive ketones (excluding diaryl/α,β-unsaturated/α-hetero) is 1. The van der Waals surface area contributed by atoms with E-state index >= 15 is 0 Å². The summed E-state index contributed by atoms with van der Waals surface area (Å²) >= 11 is 0. The second-order valence-corrected chi connectivity index (χ2v) is 3.17.